The van der Waals surface area contributed by atoms with Crippen LogP contribution in [0.5, 0.6) is 0 Å². The third kappa shape index (κ3) is 4.81. The van der Waals surface area contributed by atoms with E-state index < -0.39 is 5.97 Å². The Morgan fingerprint density at radius 1 is 1.13 bits per heavy atom. The predicted molar refractivity (Wildman–Crippen MR) is 111 cm³/mol. The third-order valence-electron chi connectivity index (χ3n) is 4.18. The molecular weight excluding hydrogens is 428 g/mol. The van der Waals surface area contributed by atoms with Gasteiger partial charge in [-0.2, -0.15) is 0 Å². The van der Waals surface area contributed by atoms with Crippen LogP contribution in [0.1, 0.15) is 32.7 Å². The van der Waals surface area contributed by atoms with Crippen molar-refractivity contribution >= 4 is 45.0 Å². The molecule has 2 aromatic heterocycles. The number of aromatic carboxylic acids is 1. The summed E-state index contributed by atoms with van der Waals surface area (Å²) in [5.41, 5.74) is 1.67. The highest BCUT2D eigenvalue weighted by Gasteiger charge is 2.14. The Morgan fingerprint density at radius 2 is 1.97 bits per heavy atom. The standard InChI is InChI=1S/C20H15ClN4O4S/c21-13-4-5-15-14(7-13)23-19(30-15)9-18-25-24-17(29-18)8-16(26)22-10-11-2-1-3-12(6-11)20(27)28/h1-7H,8-10H2,(H,22,26)(H,27,28). The van der Waals surface area contributed by atoms with E-state index in [1.807, 2.05) is 12.1 Å². The van der Waals surface area contributed by atoms with Crippen LogP contribution in [0.3, 0.4) is 0 Å². The van der Waals surface area contributed by atoms with E-state index in [1.54, 1.807) is 18.2 Å². The zero-order valence-electron chi connectivity index (χ0n) is 15.5. The summed E-state index contributed by atoms with van der Waals surface area (Å²) in [5.74, 6) is -0.749. The summed E-state index contributed by atoms with van der Waals surface area (Å²) in [4.78, 5) is 27.7. The number of carbonyl (C=O) groups excluding carboxylic acids is 1. The highest BCUT2D eigenvalue weighted by molar-refractivity contribution is 7.18. The monoisotopic (exact) mass is 442 g/mol. The van der Waals surface area contributed by atoms with Gasteiger partial charge in [0.15, 0.2) is 0 Å². The number of hydrogen-bond acceptors (Lipinski definition) is 7. The van der Waals surface area contributed by atoms with Crippen LogP contribution in [0.25, 0.3) is 10.2 Å². The Hall–Kier alpha value is -3.30. The van der Waals surface area contributed by atoms with Crippen LogP contribution in [0.4, 0.5) is 0 Å². The maximum atomic E-state index is 12.1. The van der Waals surface area contributed by atoms with Crippen molar-refractivity contribution in [2.24, 2.45) is 0 Å². The van der Waals surface area contributed by atoms with E-state index in [0.717, 1.165) is 15.2 Å². The number of benzene rings is 2. The molecule has 30 heavy (non-hydrogen) atoms. The minimum atomic E-state index is -1.02. The molecule has 0 saturated heterocycles. The fourth-order valence-electron chi connectivity index (χ4n) is 2.80. The summed E-state index contributed by atoms with van der Waals surface area (Å²) >= 11 is 7.50. The molecule has 4 rings (SSSR count). The molecule has 0 aliphatic rings. The van der Waals surface area contributed by atoms with Crippen LogP contribution in [0, 0.1) is 0 Å². The summed E-state index contributed by atoms with van der Waals surface area (Å²) in [5, 5.41) is 21.1. The van der Waals surface area contributed by atoms with Crippen molar-refractivity contribution in [3.63, 3.8) is 0 Å². The van der Waals surface area contributed by atoms with Gasteiger partial charge in [0.2, 0.25) is 17.7 Å². The van der Waals surface area contributed by atoms with Crippen molar-refractivity contribution in [2.75, 3.05) is 0 Å². The largest absolute Gasteiger partial charge is 0.478 e. The second kappa shape index (κ2) is 8.60. The molecule has 0 atom stereocenters. The Bertz CT molecular complexity index is 1240. The smallest absolute Gasteiger partial charge is 0.335 e. The Morgan fingerprint density at radius 3 is 2.80 bits per heavy atom. The first-order chi connectivity index (χ1) is 14.5. The van der Waals surface area contributed by atoms with E-state index in [1.165, 1.54) is 23.5 Å². The van der Waals surface area contributed by atoms with Crippen LogP contribution < -0.4 is 5.32 Å². The van der Waals surface area contributed by atoms with Crippen molar-refractivity contribution in [1.29, 1.82) is 0 Å². The van der Waals surface area contributed by atoms with Gasteiger partial charge in [-0.05, 0) is 35.9 Å². The van der Waals surface area contributed by atoms with E-state index in [-0.39, 0.29) is 30.3 Å². The molecule has 1 amide bonds. The molecule has 0 aliphatic heterocycles. The van der Waals surface area contributed by atoms with Crippen LogP contribution in [-0.4, -0.2) is 32.2 Å². The highest BCUT2D eigenvalue weighted by Crippen LogP contribution is 2.26. The molecule has 4 aromatic rings. The third-order valence-corrected chi connectivity index (χ3v) is 5.45. The molecule has 0 spiro atoms. The van der Waals surface area contributed by atoms with Crippen molar-refractivity contribution in [1.82, 2.24) is 20.5 Å². The van der Waals surface area contributed by atoms with Crippen LogP contribution in [-0.2, 0) is 24.2 Å². The number of carbonyl (C=O) groups is 2. The maximum absolute atomic E-state index is 12.1. The first-order valence-corrected chi connectivity index (χ1v) is 10.1. The summed E-state index contributed by atoms with van der Waals surface area (Å²) in [6.45, 7) is 0.204. The molecule has 0 saturated carbocycles. The number of nitrogens with one attached hydrogen (secondary N) is 1. The number of aromatic nitrogens is 3. The molecule has 0 bridgehead atoms. The first-order valence-electron chi connectivity index (χ1n) is 8.91. The zero-order valence-corrected chi connectivity index (χ0v) is 17.0. The van der Waals surface area contributed by atoms with E-state index in [2.05, 4.69) is 20.5 Å². The molecule has 2 N–H and O–H groups in total. The molecule has 2 aromatic carbocycles. The van der Waals surface area contributed by atoms with E-state index in [4.69, 9.17) is 21.1 Å². The van der Waals surface area contributed by atoms with Gasteiger partial charge in [-0.3, -0.25) is 4.79 Å². The molecular formula is C20H15ClN4O4S. The van der Waals surface area contributed by atoms with Gasteiger partial charge in [0, 0.05) is 11.6 Å². The fourth-order valence-corrected chi connectivity index (χ4v) is 3.90. The van der Waals surface area contributed by atoms with Gasteiger partial charge >= 0.3 is 5.97 Å². The number of halogens is 1. The second-order valence-corrected chi connectivity index (χ2v) is 8.00. The Labute approximate surface area is 179 Å². The van der Waals surface area contributed by atoms with Crippen LogP contribution in [0.15, 0.2) is 46.9 Å². The summed E-state index contributed by atoms with van der Waals surface area (Å²) in [7, 11) is 0. The molecule has 8 nitrogen and oxygen atoms in total. The van der Waals surface area contributed by atoms with E-state index >= 15 is 0 Å². The quantitative estimate of drug-likeness (QED) is 0.449. The Balaban J connectivity index is 1.34. The van der Waals surface area contributed by atoms with Crippen molar-refractivity contribution in [3.05, 3.63) is 75.4 Å². The lowest BCUT2D eigenvalue weighted by Crippen LogP contribution is -2.24. The number of hydrogen-bond donors (Lipinski definition) is 2. The number of carboxylic acid groups (broad SMARTS) is 1. The van der Waals surface area contributed by atoms with Gasteiger partial charge in [-0.25, -0.2) is 9.78 Å². The molecule has 0 aliphatic carbocycles. The minimum absolute atomic E-state index is 0.0684. The summed E-state index contributed by atoms with van der Waals surface area (Å²) in [6.07, 6.45) is 0.300. The van der Waals surface area contributed by atoms with E-state index in [9.17, 15) is 9.59 Å². The fraction of sp³-hybridized carbons (Fsp3) is 0.150. The highest BCUT2D eigenvalue weighted by atomic mass is 35.5. The molecule has 152 valence electrons. The number of fused-ring (bicyclic) bond motifs is 1. The van der Waals surface area contributed by atoms with Crippen molar-refractivity contribution in [3.8, 4) is 0 Å². The van der Waals surface area contributed by atoms with Crippen LogP contribution >= 0.6 is 22.9 Å². The van der Waals surface area contributed by atoms with Gasteiger partial charge in [0.1, 0.15) is 11.4 Å². The molecule has 10 heteroatoms. The lowest BCUT2D eigenvalue weighted by molar-refractivity contribution is -0.120. The van der Waals surface area contributed by atoms with Crippen LogP contribution in [0.2, 0.25) is 5.02 Å². The number of carboxylic acids is 1. The number of thiazole rings is 1. The summed E-state index contributed by atoms with van der Waals surface area (Å²) < 4.78 is 6.57. The normalized spacial score (nSPS) is 11.0. The maximum Gasteiger partial charge on any atom is 0.335 e. The average Bonchev–Trinajstić information content (AvgIpc) is 3.32. The van der Waals surface area contributed by atoms with E-state index in [0.29, 0.717) is 22.9 Å². The average molecular weight is 443 g/mol. The molecule has 2 heterocycles. The molecule has 0 unspecified atom stereocenters. The van der Waals surface area contributed by atoms with Gasteiger partial charge in [0.25, 0.3) is 0 Å². The second-order valence-electron chi connectivity index (χ2n) is 6.45. The lowest BCUT2D eigenvalue weighted by Gasteiger charge is -2.04. The first kappa shape index (κ1) is 20.0. The van der Waals surface area contributed by atoms with Gasteiger partial charge in [-0.1, -0.05) is 23.7 Å². The topological polar surface area (TPSA) is 118 Å². The Kier molecular flexibility index (Phi) is 5.73. The van der Waals surface area contributed by atoms with Crippen molar-refractivity contribution < 1.29 is 19.1 Å². The zero-order chi connectivity index (χ0) is 21.1. The minimum Gasteiger partial charge on any atom is -0.478 e. The number of nitrogens with zero attached hydrogens (tertiary/aromatic N) is 3. The SMILES string of the molecule is O=C(Cc1nnc(Cc2nc3cc(Cl)ccc3s2)o1)NCc1cccc(C(=O)O)c1. The van der Waals surface area contributed by atoms with Gasteiger partial charge < -0.3 is 14.8 Å². The lowest BCUT2D eigenvalue weighted by atomic mass is 10.1. The summed E-state index contributed by atoms with van der Waals surface area (Å²) in [6, 6.07) is 11.9. The predicted octanol–water partition coefficient (Wildman–Crippen LogP) is 3.48. The number of amides is 1. The molecule has 0 fully saturated rings. The number of rotatable bonds is 7. The molecule has 0 radical (unpaired) electrons. The van der Waals surface area contributed by atoms with Gasteiger partial charge in [-0.15, -0.1) is 21.5 Å². The van der Waals surface area contributed by atoms with Crippen molar-refractivity contribution in [2.45, 2.75) is 19.4 Å². The van der Waals surface area contributed by atoms with Gasteiger partial charge in [0.05, 0.1) is 22.2 Å².